The predicted octanol–water partition coefficient (Wildman–Crippen LogP) is 3.91. The number of aryl methyl sites for hydroxylation is 1. The lowest BCUT2D eigenvalue weighted by molar-refractivity contribution is 0.339. The van der Waals surface area contributed by atoms with Crippen LogP contribution in [0.25, 0.3) is 0 Å². The van der Waals surface area contributed by atoms with Crippen molar-refractivity contribution in [3.63, 3.8) is 0 Å². The fourth-order valence-corrected chi connectivity index (χ4v) is 3.84. The Hall–Kier alpha value is -1.22. The zero-order chi connectivity index (χ0) is 15.4. The van der Waals surface area contributed by atoms with Crippen LogP contribution in [0.15, 0.2) is 18.2 Å². The van der Waals surface area contributed by atoms with E-state index < -0.39 is 0 Å². The van der Waals surface area contributed by atoms with E-state index in [1.54, 1.807) is 0 Å². The van der Waals surface area contributed by atoms with E-state index in [1.807, 2.05) is 0 Å². The summed E-state index contributed by atoms with van der Waals surface area (Å²) in [6.07, 6.45) is 9.00. The van der Waals surface area contributed by atoms with Gasteiger partial charge in [-0.15, -0.1) is 0 Å². The Labute approximate surface area is 135 Å². The van der Waals surface area contributed by atoms with Gasteiger partial charge < -0.3 is 16.0 Å². The molecule has 1 aromatic rings. The normalized spacial score (nSPS) is 26.0. The van der Waals surface area contributed by atoms with Gasteiger partial charge in [-0.1, -0.05) is 0 Å². The van der Waals surface area contributed by atoms with Crippen LogP contribution in [0.5, 0.6) is 0 Å². The lowest BCUT2D eigenvalue weighted by atomic mass is 9.86. The van der Waals surface area contributed by atoms with Gasteiger partial charge in [-0.2, -0.15) is 0 Å². The van der Waals surface area contributed by atoms with Crippen LogP contribution in [-0.4, -0.2) is 25.7 Å². The first-order valence-corrected chi connectivity index (χ1v) is 9.07. The minimum Gasteiger partial charge on any atom is -0.385 e. The monoisotopic (exact) mass is 301 g/mol. The van der Waals surface area contributed by atoms with Crippen LogP contribution in [0.2, 0.25) is 0 Å². The summed E-state index contributed by atoms with van der Waals surface area (Å²) < 4.78 is 0. The van der Waals surface area contributed by atoms with Gasteiger partial charge in [0, 0.05) is 37.1 Å². The van der Waals surface area contributed by atoms with Crippen LogP contribution in [0.1, 0.15) is 50.5 Å². The topological polar surface area (TPSA) is 41.3 Å². The summed E-state index contributed by atoms with van der Waals surface area (Å²) in [6.45, 7) is 5.76. The summed E-state index contributed by atoms with van der Waals surface area (Å²) in [4.78, 5) is 2.53. The minimum absolute atomic E-state index is 0.446. The van der Waals surface area contributed by atoms with E-state index in [9.17, 15) is 0 Å². The van der Waals surface area contributed by atoms with Crippen LogP contribution in [0.3, 0.4) is 0 Å². The number of hydrogen-bond donors (Lipinski definition) is 2. The summed E-state index contributed by atoms with van der Waals surface area (Å²) in [7, 11) is 0. The molecule has 2 fully saturated rings. The molecule has 22 heavy (non-hydrogen) atoms. The van der Waals surface area contributed by atoms with Gasteiger partial charge in [-0.25, -0.2) is 0 Å². The number of nitrogens with zero attached hydrogens (tertiary/aromatic N) is 1. The van der Waals surface area contributed by atoms with Crippen molar-refractivity contribution in [2.45, 2.75) is 57.9 Å². The van der Waals surface area contributed by atoms with Gasteiger partial charge >= 0.3 is 0 Å². The van der Waals surface area contributed by atoms with E-state index in [1.165, 1.54) is 75.0 Å². The smallest absolute Gasteiger partial charge is 0.0371 e. The SMILES string of the molecule is Cc1cc(N2CCCCC2)ccc1NCC1CCC(N)CC1. The third-order valence-corrected chi connectivity index (χ3v) is 5.40. The van der Waals surface area contributed by atoms with Gasteiger partial charge in [0.1, 0.15) is 0 Å². The fraction of sp³-hybridized carbons (Fsp3) is 0.684. The Bertz CT molecular complexity index is 472. The van der Waals surface area contributed by atoms with Crippen molar-refractivity contribution in [3.8, 4) is 0 Å². The summed E-state index contributed by atoms with van der Waals surface area (Å²) in [6, 6.07) is 7.36. The maximum atomic E-state index is 5.99. The number of rotatable bonds is 4. The molecule has 1 saturated carbocycles. The van der Waals surface area contributed by atoms with Crippen LogP contribution < -0.4 is 16.0 Å². The van der Waals surface area contributed by atoms with Crippen LogP contribution >= 0.6 is 0 Å². The Morgan fingerprint density at radius 3 is 2.50 bits per heavy atom. The molecule has 1 aliphatic carbocycles. The van der Waals surface area contributed by atoms with Crippen molar-refractivity contribution < 1.29 is 0 Å². The first-order chi connectivity index (χ1) is 10.7. The van der Waals surface area contributed by atoms with Crippen LogP contribution in [0, 0.1) is 12.8 Å². The van der Waals surface area contributed by atoms with Crippen LogP contribution in [-0.2, 0) is 0 Å². The van der Waals surface area contributed by atoms with E-state index in [0.29, 0.717) is 6.04 Å². The largest absolute Gasteiger partial charge is 0.385 e. The van der Waals surface area contributed by atoms with E-state index in [4.69, 9.17) is 5.73 Å². The molecule has 0 bridgehead atoms. The van der Waals surface area contributed by atoms with Crippen molar-refractivity contribution in [1.82, 2.24) is 0 Å². The molecule has 2 aliphatic rings. The molecule has 1 heterocycles. The van der Waals surface area contributed by atoms with E-state index in [-0.39, 0.29) is 0 Å². The highest BCUT2D eigenvalue weighted by Crippen LogP contribution is 2.27. The quantitative estimate of drug-likeness (QED) is 0.886. The first kappa shape index (κ1) is 15.7. The molecule has 0 radical (unpaired) electrons. The molecule has 0 amide bonds. The van der Waals surface area contributed by atoms with E-state index >= 15 is 0 Å². The van der Waals surface area contributed by atoms with Gasteiger partial charge in [0.25, 0.3) is 0 Å². The number of anilines is 2. The molecular formula is C19H31N3. The molecule has 3 rings (SSSR count). The average Bonchev–Trinajstić information content (AvgIpc) is 2.56. The Kier molecular flexibility index (Phi) is 5.24. The lowest BCUT2D eigenvalue weighted by Gasteiger charge is -2.30. The number of piperidine rings is 1. The van der Waals surface area contributed by atoms with Gasteiger partial charge in [0.15, 0.2) is 0 Å². The Balaban J connectivity index is 1.55. The van der Waals surface area contributed by atoms with Gasteiger partial charge in [-0.05, 0) is 81.5 Å². The highest BCUT2D eigenvalue weighted by molar-refractivity contribution is 5.60. The Morgan fingerprint density at radius 2 is 1.82 bits per heavy atom. The third-order valence-electron chi connectivity index (χ3n) is 5.40. The first-order valence-electron chi connectivity index (χ1n) is 9.07. The summed E-state index contributed by atoms with van der Waals surface area (Å²) in [5.41, 5.74) is 10.1. The van der Waals surface area contributed by atoms with Gasteiger partial charge in [0.2, 0.25) is 0 Å². The molecule has 3 N–H and O–H groups in total. The molecule has 0 atom stereocenters. The van der Waals surface area contributed by atoms with E-state index in [2.05, 4.69) is 35.3 Å². The number of hydrogen-bond acceptors (Lipinski definition) is 3. The maximum Gasteiger partial charge on any atom is 0.0371 e. The molecule has 0 unspecified atom stereocenters. The molecule has 0 aromatic heterocycles. The molecule has 1 saturated heterocycles. The fourth-order valence-electron chi connectivity index (χ4n) is 3.84. The minimum atomic E-state index is 0.446. The van der Waals surface area contributed by atoms with Crippen molar-refractivity contribution >= 4 is 11.4 Å². The summed E-state index contributed by atoms with van der Waals surface area (Å²) in [5.74, 6) is 0.793. The van der Waals surface area contributed by atoms with Crippen molar-refractivity contribution in [3.05, 3.63) is 23.8 Å². The zero-order valence-corrected chi connectivity index (χ0v) is 14.0. The third kappa shape index (κ3) is 3.95. The van der Waals surface area contributed by atoms with Crippen LogP contribution in [0.4, 0.5) is 11.4 Å². The molecule has 3 nitrogen and oxygen atoms in total. The second-order valence-corrected chi connectivity index (χ2v) is 7.21. The maximum absolute atomic E-state index is 5.99. The summed E-state index contributed by atoms with van der Waals surface area (Å²) >= 11 is 0. The summed E-state index contributed by atoms with van der Waals surface area (Å²) in [5, 5.41) is 3.67. The average molecular weight is 301 g/mol. The highest BCUT2D eigenvalue weighted by Gasteiger charge is 2.18. The Morgan fingerprint density at radius 1 is 1.09 bits per heavy atom. The molecule has 122 valence electrons. The number of benzene rings is 1. The van der Waals surface area contributed by atoms with Gasteiger partial charge in [-0.3, -0.25) is 0 Å². The molecular weight excluding hydrogens is 270 g/mol. The number of nitrogens with one attached hydrogen (secondary N) is 1. The van der Waals surface area contributed by atoms with Crippen molar-refractivity contribution in [2.24, 2.45) is 11.7 Å². The molecule has 0 spiro atoms. The predicted molar refractivity (Wildman–Crippen MR) is 95.7 cm³/mol. The van der Waals surface area contributed by atoms with Crippen molar-refractivity contribution in [2.75, 3.05) is 29.9 Å². The zero-order valence-electron chi connectivity index (χ0n) is 14.0. The number of nitrogens with two attached hydrogens (primary N) is 1. The highest BCUT2D eigenvalue weighted by atomic mass is 15.1. The molecule has 1 aliphatic heterocycles. The molecule has 1 aromatic carbocycles. The van der Waals surface area contributed by atoms with E-state index in [0.717, 1.165) is 12.5 Å². The standard InChI is InChI=1S/C19H31N3/c1-15-13-18(22-11-3-2-4-12-22)9-10-19(15)21-14-16-5-7-17(20)8-6-16/h9-10,13,16-17,21H,2-8,11-12,14,20H2,1H3. The second kappa shape index (κ2) is 7.36. The van der Waals surface area contributed by atoms with Crippen molar-refractivity contribution in [1.29, 1.82) is 0 Å². The van der Waals surface area contributed by atoms with Gasteiger partial charge in [0.05, 0.1) is 0 Å². The lowest BCUT2D eigenvalue weighted by Crippen LogP contribution is -2.30. The molecule has 3 heteroatoms. The second-order valence-electron chi connectivity index (χ2n) is 7.21.